The summed E-state index contributed by atoms with van der Waals surface area (Å²) in [6.07, 6.45) is 2.07. The highest BCUT2D eigenvalue weighted by Crippen LogP contribution is 2.48. The van der Waals surface area contributed by atoms with E-state index in [1.165, 1.54) is 0 Å². The highest BCUT2D eigenvalue weighted by molar-refractivity contribution is 5.78. The zero-order chi connectivity index (χ0) is 14.9. The Morgan fingerprint density at radius 3 is 2.76 bits per heavy atom. The number of hydrogen-bond donors (Lipinski definition) is 1. The summed E-state index contributed by atoms with van der Waals surface area (Å²) in [5.41, 5.74) is 0.185. The minimum Gasteiger partial charge on any atom is -0.481 e. The molecule has 0 unspecified atom stereocenters. The number of hydrogen-bond acceptors (Lipinski definition) is 3. The van der Waals surface area contributed by atoms with E-state index in [2.05, 4.69) is 0 Å². The molecule has 1 aromatic rings. The SMILES string of the molecule is O=C(OCc1ccccc1)N1C[C@@H]2CCC[C@]2(C(=O)O)C1. The number of carboxylic acid groups (broad SMARTS) is 1. The largest absolute Gasteiger partial charge is 0.481 e. The fourth-order valence-electron chi connectivity index (χ4n) is 3.59. The molecule has 0 aromatic heterocycles. The number of benzene rings is 1. The molecule has 2 atom stereocenters. The Morgan fingerprint density at radius 2 is 2.10 bits per heavy atom. The highest BCUT2D eigenvalue weighted by atomic mass is 16.6. The van der Waals surface area contributed by atoms with Gasteiger partial charge in [0.05, 0.1) is 5.41 Å². The van der Waals surface area contributed by atoms with E-state index in [9.17, 15) is 14.7 Å². The van der Waals surface area contributed by atoms with Gasteiger partial charge in [0.1, 0.15) is 6.61 Å². The molecule has 5 heteroatoms. The third kappa shape index (κ3) is 2.48. The van der Waals surface area contributed by atoms with Gasteiger partial charge >= 0.3 is 12.1 Å². The summed E-state index contributed by atoms with van der Waals surface area (Å²) in [7, 11) is 0. The zero-order valence-electron chi connectivity index (χ0n) is 11.8. The molecule has 1 amide bonds. The first-order valence-corrected chi connectivity index (χ1v) is 7.31. The van der Waals surface area contributed by atoms with Crippen LogP contribution >= 0.6 is 0 Å². The molecule has 2 aliphatic rings. The number of likely N-dealkylation sites (tertiary alicyclic amines) is 1. The van der Waals surface area contributed by atoms with E-state index in [1.54, 1.807) is 4.90 Å². The Balaban J connectivity index is 1.61. The van der Waals surface area contributed by atoms with Gasteiger partial charge in [-0.15, -0.1) is 0 Å². The molecular weight excluding hydrogens is 270 g/mol. The lowest BCUT2D eigenvalue weighted by atomic mass is 9.81. The summed E-state index contributed by atoms with van der Waals surface area (Å²) < 4.78 is 5.30. The molecule has 0 bridgehead atoms. The number of amides is 1. The number of carboxylic acids is 1. The van der Waals surface area contributed by atoms with Crippen LogP contribution in [0.5, 0.6) is 0 Å². The Kier molecular flexibility index (Phi) is 3.57. The van der Waals surface area contributed by atoms with E-state index in [-0.39, 0.29) is 19.1 Å². The van der Waals surface area contributed by atoms with Crippen molar-refractivity contribution in [1.82, 2.24) is 4.90 Å². The van der Waals surface area contributed by atoms with E-state index in [0.29, 0.717) is 13.0 Å². The molecule has 5 nitrogen and oxygen atoms in total. The monoisotopic (exact) mass is 289 g/mol. The van der Waals surface area contributed by atoms with Crippen molar-refractivity contribution in [3.8, 4) is 0 Å². The number of ether oxygens (including phenoxy) is 1. The fraction of sp³-hybridized carbons (Fsp3) is 0.500. The predicted octanol–water partition coefficient (Wildman–Crippen LogP) is 2.51. The standard InChI is InChI=1S/C16H19NO4/c18-14(19)16-8-4-7-13(16)9-17(11-16)15(20)21-10-12-5-2-1-3-6-12/h1-3,5-6,13H,4,7-11H2,(H,18,19)/t13-,16-/m0/s1. The van der Waals surface area contributed by atoms with Crippen molar-refractivity contribution in [2.75, 3.05) is 13.1 Å². The maximum absolute atomic E-state index is 12.1. The molecular formula is C16H19NO4. The molecule has 1 heterocycles. The molecule has 3 rings (SSSR count). The Labute approximate surface area is 123 Å². The highest BCUT2D eigenvalue weighted by Gasteiger charge is 2.56. The zero-order valence-corrected chi connectivity index (χ0v) is 11.8. The summed E-state index contributed by atoms with van der Waals surface area (Å²) in [4.78, 5) is 25.3. The quantitative estimate of drug-likeness (QED) is 0.928. The normalized spacial score (nSPS) is 27.4. The van der Waals surface area contributed by atoms with Crippen LogP contribution in [0.2, 0.25) is 0 Å². The minimum atomic E-state index is -0.775. The van der Waals surface area contributed by atoms with Gasteiger partial charge in [-0.2, -0.15) is 0 Å². The number of rotatable bonds is 3. The van der Waals surface area contributed by atoms with Crippen LogP contribution in [-0.4, -0.2) is 35.2 Å². The van der Waals surface area contributed by atoms with E-state index >= 15 is 0 Å². The number of nitrogens with zero attached hydrogens (tertiary/aromatic N) is 1. The van der Waals surface area contributed by atoms with Crippen molar-refractivity contribution in [2.45, 2.75) is 25.9 Å². The molecule has 2 fully saturated rings. The van der Waals surface area contributed by atoms with Crippen molar-refractivity contribution in [3.63, 3.8) is 0 Å². The molecule has 1 saturated heterocycles. The lowest BCUT2D eigenvalue weighted by Crippen LogP contribution is -2.37. The van der Waals surface area contributed by atoms with Crippen LogP contribution in [0.25, 0.3) is 0 Å². The summed E-state index contributed by atoms with van der Waals surface area (Å²) in [5.74, 6) is -0.706. The van der Waals surface area contributed by atoms with Crippen molar-refractivity contribution >= 4 is 12.1 Å². The van der Waals surface area contributed by atoms with Gasteiger partial charge < -0.3 is 14.7 Å². The number of fused-ring (bicyclic) bond motifs is 1. The summed E-state index contributed by atoms with van der Waals surface area (Å²) in [5, 5.41) is 9.50. The molecule has 21 heavy (non-hydrogen) atoms. The summed E-state index contributed by atoms with van der Waals surface area (Å²) in [6.45, 7) is 1.00. The maximum Gasteiger partial charge on any atom is 0.410 e. The van der Waals surface area contributed by atoms with Gasteiger partial charge in [-0.25, -0.2) is 4.79 Å². The topological polar surface area (TPSA) is 66.8 Å². The first-order valence-electron chi connectivity index (χ1n) is 7.31. The van der Waals surface area contributed by atoms with Gasteiger partial charge in [0.15, 0.2) is 0 Å². The lowest BCUT2D eigenvalue weighted by Gasteiger charge is -2.23. The van der Waals surface area contributed by atoms with Crippen LogP contribution in [0.4, 0.5) is 4.79 Å². The first kappa shape index (κ1) is 13.9. The van der Waals surface area contributed by atoms with Gasteiger partial charge in [-0.3, -0.25) is 4.79 Å². The van der Waals surface area contributed by atoms with Crippen LogP contribution in [0, 0.1) is 11.3 Å². The van der Waals surface area contributed by atoms with Crippen LogP contribution in [0.3, 0.4) is 0 Å². The van der Waals surface area contributed by atoms with Crippen LogP contribution < -0.4 is 0 Å². The van der Waals surface area contributed by atoms with Gasteiger partial charge in [-0.05, 0) is 24.3 Å². The number of carbonyl (C=O) groups is 2. The molecule has 1 aliphatic heterocycles. The molecule has 1 aliphatic carbocycles. The van der Waals surface area contributed by atoms with Crippen molar-refractivity contribution in [3.05, 3.63) is 35.9 Å². The van der Waals surface area contributed by atoms with Gasteiger partial charge in [0.25, 0.3) is 0 Å². The molecule has 1 N–H and O–H groups in total. The number of carbonyl (C=O) groups excluding carboxylic acids is 1. The van der Waals surface area contributed by atoms with Crippen LogP contribution in [0.1, 0.15) is 24.8 Å². The molecule has 1 saturated carbocycles. The fourth-order valence-corrected chi connectivity index (χ4v) is 3.59. The van der Waals surface area contributed by atoms with Gasteiger partial charge in [-0.1, -0.05) is 36.8 Å². The lowest BCUT2D eigenvalue weighted by molar-refractivity contribution is -0.149. The molecule has 0 spiro atoms. The Hall–Kier alpha value is -2.04. The Morgan fingerprint density at radius 1 is 1.33 bits per heavy atom. The second-order valence-corrected chi connectivity index (χ2v) is 5.97. The Bertz CT molecular complexity index is 544. The molecule has 1 aromatic carbocycles. The molecule has 0 radical (unpaired) electrons. The third-order valence-corrected chi connectivity index (χ3v) is 4.76. The minimum absolute atomic E-state index is 0.0688. The third-order valence-electron chi connectivity index (χ3n) is 4.76. The van der Waals surface area contributed by atoms with Crippen LogP contribution in [0.15, 0.2) is 30.3 Å². The second kappa shape index (κ2) is 5.39. The van der Waals surface area contributed by atoms with E-state index < -0.39 is 17.5 Å². The van der Waals surface area contributed by atoms with E-state index in [1.807, 2.05) is 30.3 Å². The molecule has 112 valence electrons. The van der Waals surface area contributed by atoms with Crippen molar-refractivity contribution < 1.29 is 19.4 Å². The average molecular weight is 289 g/mol. The second-order valence-electron chi connectivity index (χ2n) is 5.97. The van der Waals surface area contributed by atoms with Gasteiger partial charge in [0.2, 0.25) is 0 Å². The van der Waals surface area contributed by atoms with Crippen molar-refractivity contribution in [1.29, 1.82) is 0 Å². The van der Waals surface area contributed by atoms with E-state index in [0.717, 1.165) is 18.4 Å². The average Bonchev–Trinajstić information content (AvgIpc) is 3.03. The van der Waals surface area contributed by atoms with Crippen molar-refractivity contribution in [2.24, 2.45) is 11.3 Å². The predicted molar refractivity (Wildman–Crippen MR) is 75.6 cm³/mol. The summed E-state index contributed by atoms with van der Waals surface area (Å²) in [6, 6.07) is 9.48. The number of aliphatic carboxylic acids is 1. The first-order chi connectivity index (χ1) is 10.1. The smallest absolute Gasteiger partial charge is 0.410 e. The van der Waals surface area contributed by atoms with E-state index in [4.69, 9.17) is 4.74 Å². The maximum atomic E-state index is 12.1. The summed E-state index contributed by atoms with van der Waals surface area (Å²) >= 11 is 0. The van der Waals surface area contributed by atoms with Crippen LogP contribution in [-0.2, 0) is 16.1 Å². The van der Waals surface area contributed by atoms with Gasteiger partial charge in [0, 0.05) is 13.1 Å².